The van der Waals surface area contributed by atoms with Crippen molar-refractivity contribution in [2.75, 3.05) is 0 Å². The number of hydrogen-bond acceptors (Lipinski definition) is 4. The minimum atomic E-state index is 0.425. The summed E-state index contributed by atoms with van der Waals surface area (Å²) >= 11 is 0. The van der Waals surface area contributed by atoms with Crippen LogP contribution in [0.3, 0.4) is 0 Å². The second kappa shape index (κ2) is 6.16. The molecule has 1 heterocycles. The summed E-state index contributed by atoms with van der Waals surface area (Å²) in [5.41, 5.74) is 6.65. The van der Waals surface area contributed by atoms with Crippen molar-refractivity contribution < 1.29 is 4.74 Å². The van der Waals surface area contributed by atoms with Crippen LogP contribution in [0.1, 0.15) is 24.7 Å². The fraction of sp³-hybridized carbons (Fsp3) is 0.385. The Morgan fingerprint density at radius 3 is 3.06 bits per heavy atom. The lowest BCUT2D eigenvalue weighted by molar-refractivity contribution is 0.286. The van der Waals surface area contributed by atoms with Crippen LogP contribution in [-0.4, -0.2) is 14.8 Å². The van der Waals surface area contributed by atoms with E-state index in [0.29, 0.717) is 13.2 Å². The third-order valence-corrected chi connectivity index (χ3v) is 2.63. The van der Waals surface area contributed by atoms with Gasteiger partial charge in [0, 0.05) is 13.1 Å². The van der Waals surface area contributed by atoms with E-state index in [1.165, 1.54) is 0 Å². The van der Waals surface area contributed by atoms with E-state index in [2.05, 4.69) is 17.0 Å². The average molecular weight is 246 g/mol. The first-order valence-corrected chi connectivity index (χ1v) is 6.12. The Balaban J connectivity index is 1.99. The van der Waals surface area contributed by atoms with Crippen molar-refractivity contribution in [3.63, 3.8) is 0 Å². The third kappa shape index (κ3) is 3.07. The molecule has 0 aliphatic carbocycles. The molecule has 96 valence electrons. The molecule has 2 aromatic rings. The highest BCUT2D eigenvalue weighted by molar-refractivity contribution is 5.28. The molecule has 1 aromatic heterocycles. The van der Waals surface area contributed by atoms with Gasteiger partial charge in [0.15, 0.2) is 5.82 Å². The summed E-state index contributed by atoms with van der Waals surface area (Å²) in [6, 6.07) is 7.78. The Bertz CT molecular complexity index is 495. The smallest absolute Gasteiger partial charge is 0.164 e. The van der Waals surface area contributed by atoms with Crippen LogP contribution in [0, 0.1) is 0 Å². The van der Waals surface area contributed by atoms with E-state index in [1.54, 1.807) is 6.33 Å². The normalized spacial score (nSPS) is 10.6. The molecule has 0 amide bonds. The number of nitrogens with zero attached hydrogens (tertiary/aromatic N) is 3. The van der Waals surface area contributed by atoms with Gasteiger partial charge in [0.1, 0.15) is 18.7 Å². The van der Waals surface area contributed by atoms with Crippen LogP contribution in [0.25, 0.3) is 0 Å². The van der Waals surface area contributed by atoms with Crippen molar-refractivity contribution in [1.82, 2.24) is 14.8 Å². The Hall–Kier alpha value is -1.88. The van der Waals surface area contributed by atoms with Gasteiger partial charge in [-0.05, 0) is 24.1 Å². The second-order valence-electron chi connectivity index (χ2n) is 4.04. The van der Waals surface area contributed by atoms with Gasteiger partial charge in [0.25, 0.3) is 0 Å². The molecule has 0 radical (unpaired) electrons. The van der Waals surface area contributed by atoms with E-state index >= 15 is 0 Å². The molecule has 0 saturated heterocycles. The van der Waals surface area contributed by atoms with Crippen LogP contribution < -0.4 is 10.5 Å². The van der Waals surface area contributed by atoms with Crippen LogP contribution in [0.5, 0.6) is 5.75 Å². The molecule has 1 aromatic carbocycles. The van der Waals surface area contributed by atoms with Gasteiger partial charge < -0.3 is 10.5 Å². The quantitative estimate of drug-likeness (QED) is 0.843. The Kier molecular flexibility index (Phi) is 4.30. The number of benzene rings is 1. The number of aryl methyl sites for hydroxylation is 1. The lowest BCUT2D eigenvalue weighted by Gasteiger charge is -2.08. The van der Waals surface area contributed by atoms with Crippen LogP contribution in [0.4, 0.5) is 0 Å². The topological polar surface area (TPSA) is 66.0 Å². The lowest BCUT2D eigenvalue weighted by atomic mass is 10.2. The zero-order valence-corrected chi connectivity index (χ0v) is 10.5. The van der Waals surface area contributed by atoms with Crippen molar-refractivity contribution in [1.29, 1.82) is 0 Å². The first-order valence-electron chi connectivity index (χ1n) is 6.12. The van der Waals surface area contributed by atoms with Crippen LogP contribution in [0.15, 0.2) is 30.6 Å². The fourth-order valence-electron chi connectivity index (χ4n) is 1.71. The maximum absolute atomic E-state index is 5.70. The average Bonchev–Trinajstić information content (AvgIpc) is 2.85. The number of nitrogens with two attached hydrogens (primary N) is 1. The van der Waals surface area contributed by atoms with Crippen molar-refractivity contribution in [3.05, 3.63) is 42.0 Å². The van der Waals surface area contributed by atoms with E-state index < -0.39 is 0 Å². The maximum Gasteiger partial charge on any atom is 0.164 e. The van der Waals surface area contributed by atoms with E-state index in [4.69, 9.17) is 10.5 Å². The summed E-state index contributed by atoms with van der Waals surface area (Å²) in [7, 11) is 0. The van der Waals surface area contributed by atoms with Gasteiger partial charge in [0.05, 0.1) is 0 Å². The molecule has 2 N–H and O–H groups in total. The molecular formula is C13H18N4O. The SMILES string of the molecule is CCCn1ncnc1COc1cccc(CN)c1. The Morgan fingerprint density at radius 2 is 2.28 bits per heavy atom. The standard InChI is InChI=1S/C13H18N4O/c1-2-6-17-13(15-10-16-17)9-18-12-5-3-4-11(7-12)8-14/h3-5,7,10H,2,6,8-9,14H2,1H3. The first kappa shape index (κ1) is 12.6. The first-order chi connectivity index (χ1) is 8.83. The lowest BCUT2D eigenvalue weighted by Crippen LogP contribution is -2.08. The summed E-state index contributed by atoms with van der Waals surface area (Å²) in [4.78, 5) is 4.19. The molecule has 0 atom stereocenters. The number of ether oxygens (including phenoxy) is 1. The monoisotopic (exact) mass is 246 g/mol. The number of hydrogen-bond donors (Lipinski definition) is 1. The highest BCUT2D eigenvalue weighted by Gasteiger charge is 2.04. The summed E-state index contributed by atoms with van der Waals surface area (Å²) in [6.45, 7) is 3.91. The zero-order chi connectivity index (χ0) is 12.8. The van der Waals surface area contributed by atoms with Gasteiger partial charge in [-0.15, -0.1) is 0 Å². The molecule has 0 saturated carbocycles. The Labute approximate surface area is 107 Å². The van der Waals surface area contributed by atoms with Crippen molar-refractivity contribution >= 4 is 0 Å². The minimum Gasteiger partial charge on any atom is -0.486 e. The van der Waals surface area contributed by atoms with Gasteiger partial charge in [-0.1, -0.05) is 19.1 Å². The van der Waals surface area contributed by atoms with Crippen LogP contribution in [-0.2, 0) is 19.7 Å². The molecule has 0 bridgehead atoms. The zero-order valence-electron chi connectivity index (χ0n) is 10.5. The third-order valence-electron chi connectivity index (χ3n) is 2.63. The summed E-state index contributed by atoms with van der Waals surface area (Å²) in [6.07, 6.45) is 2.59. The fourth-order valence-corrected chi connectivity index (χ4v) is 1.71. The van der Waals surface area contributed by atoms with Crippen molar-refractivity contribution in [3.8, 4) is 5.75 Å². The number of rotatable bonds is 6. The van der Waals surface area contributed by atoms with E-state index in [1.807, 2.05) is 28.9 Å². The van der Waals surface area contributed by atoms with Crippen LogP contribution in [0.2, 0.25) is 0 Å². The largest absolute Gasteiger partial charge is 0.486 e. The van der Waals surface area contributed by atoms with Gasteiger partial charge >= 0.3 is 0 Å². The second-order valence-corrected chi connectivity index (χ2v) is 4.04. The van der Waals surface area contributed by atoms with E-state index in [0.717, 1.165) is 30.1 Å². The van der Waals surface area contributed by atoms with Gasteiger partial charge in [-0.25, -0.2) is 9.67 Å². The Morgan fingerprint density at radius 1 is 1.39 bits per heavy atom. The summed E-state index contributed by atoms with van der Waals surface area (Å²) in [5, 5.41) is 4.16. The highest BCUT2D eigenvalue weighted by atomic mass is 16.5. The van der Waals surface area contributed by atoms with Crippen LogP contribution >= 0.6 is 0 Å². The van der Waals surface area contributed by atoms with Gasteiger partial charge in [0.2, 0.25) is 0 Å². The van der Waals surface area contributed by atoms with Gasteiger partial charge in [-0.3, -0.25) is 0 Å². The predicted octanol–water partition coefficient (Wildman–Crippen LogP) is 1.73. The molecule has 2 rings (SSSR count). The summed E-state index contributed by atoms with van der Waals surface area (Å²) in [5.74, 6) is 1.65. The molecule has 5 heteroatoms. The highest BCUT2D eigenvalue weighted by Crippen LogP contribution is 2.14. The predicted molar refractivity (Wildman–Crippen MR) is 69.0 cm³/mol. The van der Waals surface area contributed by atoms with E-state index in [9.17, 15) is 0 Å². The molecule has 0 fully saturated rings. The molecule has 0 spiro atoms. The minimum absolute atomic E-state index is 0.425. The molecule has 5 nitrogen and oxygen atoms in total. The molecular weight excluding hydrogens is 228 g/mol. The van der Waals surface area contributed by atoms with Crippen molar-refractivity contribution in [2.45, 2.75) is 33.0 Å². The molecule has 18 heavy (non-hydrogen) atoms. The van der Waals surface area contributed by atoms with Crippen molar-refractivity contribution in [2.24, 2.45) is 5.73 Å². The van der Waals surface area contributed by atoms with Gasteiger partial charge in [-0.2, -0.15) is 5.10 Å². The molecule has 0 aliphatic heterocycles. The molecule has 0 unspecified atom stereocenters. The van der Waals surface area contributed by atoms with E-state index in [-0.39, 0.29) is 0 Å². The summed E-state index contributed by atoms with van der Waals surface area (Å²) < 4.78 is 7.57. The molecule has 0 aliphatic rings. The number of aromatic nitrogens is 3. The maximum atomic E-state index is 5.70.